The van der Waals surface area contributed by atoms with Crippen LogP contribution in [-0.2, 0) is 9.53 Å². The van der Waals surface area contributed by atoms with Gasteiger partial charge in [0.2, 0.25) is 0 Å². The lowest BCUT2D eigenvalue weighted by Crippen LogP contribution is -2.42. The smallest absolute Gasteiger partial charge is 0.254 e. The second kappa shape index (κ2) is 9.69. The zero-order chi connectivity index (χ0) is 17.2. The van der Waals surface area contributed by atoms with Gasteiger partial charge in [0.25, 0.3) is 5.91 Å². The van der Waals surface area contributed by atoms with Gasteiger partial charge in [-0.15, -0.1) is 0 Å². The van der Waals surface area contributed by atoms with Crippen LogP contribution in [0.2, 0.25) is 0 Å². The number of hydrogen-bond acceptors (Lipinski definition) is 6. The normalized spacial score (nSPS) is 15.2. The molecule has 0 aromatic heterocycles. The molecule has 24 heavy (non-hydrogen) atoms. The number of hydrogen-bond donors (Lipinski definition) is 1. The Morgan fingerprint density at radius 3 is 2.92 bits per heavy atom. The Bertz CT molecular complexity index is 583. The monoisotopic (exact) mass is 333 g/mol. The minimum atomic E-state index is -0.147. The molecular weight excluding hydrogens is 310 g/mol. The molecule has 1 amide bonds. The molecule has 1 saturated heterocycles. The molecule has 0 radical (unpaired) electrons. The molecule has 1 aliphatic heterocycles. The molecule has 130 valence electrons. The van der Waals surface area contributed by atoms with Gasteiger partial charge in [0.1, 0.15) is 6.61 Å². The Labute approximate surface area is 141 Å². The molecule has 0 aliphatic carbocycles. The fourth-order valence-corrected chi connectivity index (χ4v) is 2.21. The lowest BCUT2D eigenvalue weighted by Gasteiger charge is -2.25. The van der Waals surface area contributed by atoms with Gasteiger partial charge in [-0.05, 0) is 23.8 Å². The molecule has 1 aliphatic rings. The van der Waals surface area contributed by atoms with Crippen molar-refractivity contribution < 1.29 is 19.0 Å². The number of carbonyl (C=O) groups excluding carboxylic acids is 1. The van der Waals surface area contributed by atoms with Gasteiger partial charge in [0, 0.05) is 13.1 Å². The highest BCUT2D eigenvalue weighted by Gasteiger charge is 2.13. The SMILES string of the molecule is C=CCOc1ccc(/C=N/NC(=O)CN2CCOCC2)cc1OC. The predicted molar refractivity (Wildman–Crippen MR) is 91.7 cm³/mol. The summed E-state index contributed by atoms with van der Waals surface area (Å²) in [5.74, 6) is 1.08. The minimum absolute atomic E-state index is 0.147. The van der Waals surface area contributed by atoms with E-state index in [2.05, 4.69) is 17.1 Å². The summed E-state index contributed by atoms with van der Waals surface area (Å²) in [7, 11) is 1.57. The van der Waals surface area contributed by atoms with E-state index in [-0.39, 0.29) is 5.91 Å². The maximum absolute atomic E-state index is 11.8. The summed E-state index contributed by atoms with van der Waals surface area (Å²) in [4.78, 5) is 13.9. The number of amides is 1. The maximum atomic E-state index is 11.8. The first kappa shape index (κ1) is 18.0. The number of morpholine rings is 1. The highest BCUT2D eigenvalue weighted by atomic mass is 16.5. The van der Waals surface area contributed by atoms with Crippen molar-refractivity contribution in [1.29, 1.82) is 0 Å². The van der Waals surface area contributed by atoms with Crippen molar-refractivity contribution >= 4 is 12.1 Å². The number of methoxy groups -OCH3 is 1. The summed E-state index contributed by atoms with van der Waals surface area (Å²) in [6, 6.07) is 5.41. The Morgan fingerprint density at radius 2 is 2.21 bits per heavy atom. The van der Waals surface area contributed by atoms with E-state index in [1.165, 1.54) is 0 Å². The van der Waals surface area contributed by atoms with Crippen LogP contribution in [0.25, 0.3) is 0 Å². The van der Waals surface area contributed by atoms with Gasteiger partial charge < -0.3 is 14.2 Å². The van der Waals surface area contributed by atoms with Crippen molar-refractivity contribution in [2.75, 3.05) is 46.6 Å². The number of nitrogens with zero attached hydrogens (tertiary/aromatic N) is 2. The average molecular weight is 333 g/mol. The van der Waals surface area contributed by atoms with Gasteiger partial charge in [-0.25, -0.2) is 5.43 Å². The van der Waals surface area contributed by atoms with Crippen LogP contribution in [0.5, 0.6) is 11.5 Å². The first-order valence-corrected chi connectivity index (χ1v) is 7.76. The van der Waals surface area contributed by atoms with E-state index in [0.717, 1.165) is 18.7 Å². The summed E-state index contributed by atoms with van der Waals surface area (Å²) in [6.07, 6.45) is 3.23. The van der Waals surface area contributed by atoms with Crippen molar-refractivity contribution in [3.63, 3.8) is 0 Å². The summed E-state index contributed by atoms with van der Waals surface area (Å²) in [6.45, 7) is 7.19. The second-order valence-electron chi connectivity index (χ2n) is 5.19. The first-order chi connectivity index (χ1) is 11.7. The van der Waals surface area contributed by atoms with E-state index in [1.807, 2.05) is 11.0 Å². The number of ether oxygens (including phenoxy) is 3. The summed E-state index contributed by atoms with van der Waals surface area (Å²) in [5.41, 5.74) is 3.32. The lowest BCUT2D eigenvalue weighted by atomic mass is 10.2. The molecule has 0 atom stereocenters. The van der Waals surface area contributed by atoms with E-state index in [0.29, 0.717) is 37.9 Å². The van der Waals surface area contributed by atoms with Crippen molar-refractivity contribution in [3.8, 4) is 11.5 Å². The Balaban J connectivity index is 1.86. The number of rotatable bonds is 8. The van der Waals surface area contributed by atoms with Crippen molar-refractivity contribution in [2.45, 2.75) is 0 Å². The highest BCUT2D eigenvalue weighted by Crippen LogP contribution is 2.27. The number of carbonyl (C=O) groups is 1. The van der Waals surface area contributed by atoms with E-state index in [1.54, 1.807) is 31.5 Å². The van der Waals surface area contributed by atoms with E-state index < -0.39 is 0 Å². The van der Waals surface area contributed by atoms with Gasteiger partial charge in [0.15, 0.2) is 11.5 Å². The maximum Gasteiger partial charge on any atom is 0.254 e. The summed E-state index contributed by atoms with van der Waals surface area (Å²) >= 11 is 0. The summed E-state index contributed by atoms with van der Waals surface area (Å²) < 4.78 is 16.0. The summed E-state index contributed by atoms with van der Waals surface area (Å²) in [5, 5.41) is 3.98. The molecule has 1 heterocycles. The standard InChI is InChI=1S/C17H23N3O4/c1-3-8-24-15-5-4-14(11-16(15)22-2)12-18-19-17(21)13-20-6-9-23-10-7-20/h3-5,11-12H,1,6-10,13H2,2H3,(H,19,21)/b18-12+. The van der Waals surface area contributed by atoms with E-state index in [4.69, 9.17) is 14.2 Å². The predicted octanol–water partition coefficient (Wildman–Crippen LogP) is 1.04. The van der Waals surface area contributed by atoms with Gasteiger partial charge in [-0.1, -0.05) is 12.7 Å². The van der Waals surface area contributed by atoms with Crippen molar-refractivity contribution in [1.82, 2.24) is 10.3 Å². The van der Waals surface area contributed by atoms with Gasteiger partial charge in [-0.3, -0.25) is 9.69 Å². The van der Waals surface area contributed by atoms with Gasteiger partial charge in [0.05, 0.1) is 33.1 Å². The number of hydrazone groups is 1. The molecular formula is C17H23N3O4. The zero-order valence-electron chi connectivity index (χ0n) is 13.9. The Hall–Kier alpha value is -2.38. The molecule has 0 saturated carbocycles. The molecule has 2 rings (SSSR count). The molecule has 0 spiro atoms. The number of benzene rings is 1. The first-order valence-electron chi connectivity index (χ1n) is 7.76. The van der Waals surface area contributed by atoms with Crippen molar-refractivity contribution in [2.24, 2.45) is 5.10 Å². The molecule has 1 fully saturated rings. The zero-order valence-corrected chi connectivity index (χ0v) is 13.9. The second-order valence-corrected chi connectivity index (χ2v) is 5.19. The minimum Gasteiger partial charge on any atom is -0.493 e. The van der Waals surface area contributed by atoms with E-state index in [9.17, 15) is 4.79 Å². The van der Waals surface area contributed by atoms with Gasteiger partial charge >= 0.3 is 0 Å². The molecule has 7 nitrogen and oxygen atoms in total. The fraction of sp³-hybridized carbons (Fsp3) is 0.412. The highest BCUT2D eigenvalue weighted by molar-refractivity contribution is 5.83. The van der Waals surface area contributed by atoms with Crippen LogP contribution < -0.4 is 14.9 Å². The van der Waals surface area contributed by atoms with Crippen LogP contribution in [0.1, 0.15) is 5.56 Å². The van der Waals surface area contributed by atoms with Crippen LogP contribution in [-0.4, -0.2) is 63.6 Å². The van der Waals surface area contributed by atoms with Crippen molar-refractivity contribution in [3.05, 3.63) is 36.4 Å². The van der Waals surface area contributed by atoms with Crippen LogP contribution in [0.15, 0.2) is 36.0 Å². The molecule has 1 aromatic rings. The van der Waals surface area contributed by atoms with Crippen LogP contribution in [0.4, 0.5) is 0 Å². The van der Waals surface area contributed by atoms with Gasteiger partial charge in [-0.2, -0.15) is 5.10 Å². The third kappa shape index (κ3) is 5.68. The molecule has 0 bridgehead atoms. The number of nitrogens with one attached hydrogen (secondary N) is 1. The molecule has 1 N–H and O–H groups in total. The molecule has 0 unspecified atom stereocenters. The van der Waals surface area contributed by atoms with Crippen LogP contribution in [0, 0.1) is 0 Å². The quantitative estimate of drug-likeness (QED) is 0.437. The Morgan fingerprint density at radius 1 is 1.42 bits per heavy atom. The Kier molecular flexibility index (Phi) is 7.25. The molecule has 7 heteroatoms. The average Bonchev–Trinajstić information content (AvgIpc) is 2.61. The molecule has 1 aromatic carbocycles. The fourth-order valence-electron chi connectivity index (χ4n) is 2.21. The largest absolute Gasteiger partial charge is 0.493 e. The van der Waals surface area contributed by atoms with E-state index >= 15 is 0 Å². The third-order valence-corrected chi connectivity index (χ3v) is 3.42. The van der Waals surface area contributed by atoms with Crippen LogP contribution in [0.3, 0.4) is 0 Å². The third-order valence-electron chi connectivity index (χ3n) is 3.42. The lowest BCUT2D eigenvalue weighted by molar-refractivity contribution is -0.123. The topological polar surface area (TPSA) is 72.4 Å². The van der Waals surface area contributed by atoms with Crippen LogP contribution >= 0.6 is 0 Å².